The predicted octanol–water partition coefficient (Wildman–Crippen LogP) is 3.11. The molecule has 4 nitrogen and oxygen atoms in total. The van der Waals surface area contributed by atoms with E-state index in [1.807, 2.05) is 31.2 Å². The van der Waals surface area contributed by atoms with Crippen molar-refractivity contribution in [3.05, 3.63) is 51.3 Å². The van der Waals surface area contributed by atoms with E-state index in [9.17, 15) is 10.1 Å². The van der Waals surface area contributed by atoms with Crippen LogP contribution >= 0.6 is 0 Å². The Labute approximate surface area is 92.7 Å². The molecule has 0 atom stereocenters. The van der Waals surface area contributed by atoms with Gasteiger partial charge in [0.25, 0.3) is 0 Å². The number of H-pyrrole nitrogens is 1. The second kappa shape index (κ2) is 3.81. The first kappa shape index (κ1) is 10.4. The molecule has 0 saturated carbocycles. The molecule has 0 radical (unpaired) electrons. The molecule has 0 amide bonds. The largest absolute Gasteiger partial charge is 0.358 e. The van der Waals surface area contributed by atoms with Gasteiger partial charge < -0.3 is 4.98 Å². The molecule has 0 aliphatic heterocycles. The van der Waals surface area contributed by atoms with Gasteiger partial charge in [-0.1, -0.05) is 18.2 Å². The summed E-state index contributed by atoms with van der Waals surface area (Å²) in [6, 6.07) is 7.78. The molecule has 0 saturated heterocycles. The van der Waals surface area contributed by atoms with Crippen LogP contribution in [0.15, 0.2) is 30.0 Å². The highest BCUT2D eigenvalue weighted by molar-refractivity contribution is 5.90. The van der Waals surface area contributed by atoms with Crippen molar-refractivity contribution in [1.82, 2.24) is 4.98 Å². The maximum Gasteiger partial charge on any atom is 0.243 e. The lowest BCUT2D eigenvalue weighted by molar-refractivity contribution is -0.422. The lowest BCUT2D eigenvalue weighted by Gasteiger charge is -1.93. The third-order valence-electron chi connectivity index (χ3n) is 2.58. The average molecular weight is 216 g/mol. The van der Waals surface area contributed by atoms with Gasteiger partial charge in [-0.3, -0.25) is 10.1 Å². The van der Waals surface area contributed by atoms with Gasteiger partial charge in [0.2, 0.25) is 5.70 Å². The molecule has 0 aliphatic carbocycles. The van der Waals surface area contributed by atoms with Gasteiger partial charge in [-0.05, 0) is 13.0 Å². The number of aromatic nitrogens is 1. The molecule has 2 aromatic rings. The van der Waals surface area contributed by atoms with Crippen LogP contribution in [0.2, 0.25) is 0 Å². The van der Waals surface area contributed by atoms with E-state index in [-0.39, 0.29) is 10.6 Å². The number of nitrogens with one attached hydrogen (secondary N) is 1. The van der Waals surface area contributed by atoms with Crippen LogP contribution in [-0.2, 0) is 0 Å². The SMILES string of the molecule is CC(=Cc1c(C)[nH]c2ccccc12)[N+](=O)[O-]. The fourth-order valence-electron chi connectivity index (χ4n) is 1.75. The van der Waals surface area contributed by atoms with Crippen molar-refractivity contribution >= 4 is 17.0 Å². The molecule has 4 heteroatoms. The second-order valence-electron chi connectivity index (χ2n) is 3.75. The number of nitrogens with zero attached hydrogens (tertiary/aromatic N) is 1. The minimum absolute atomic E-state index is 0.146. The van der Waals surface area contributed by atoms with E-state index in [4.69, 9.17) is 0 Å². The first-order chi connectivity index (χ1) is 7.59. The Bertz CT molecular complexity index is 582. The Kier molecular flexibility index (Phi) is 2.48. The van der Waals surface area contributed by atoms with E-state index in [1.165, 1.54) is 6.92 Å². The summed E-state index contributed by atoms with van der Waals surface area (Å²) in [6.45, 7) is 3.42. The zero-order chi connectivity index (χ0) is 11.7. The summed E-state index contributed by atoms with van der Waals surface area (Å²) in [5.74, 6) is 0. The molecule has 0 spiro atoms. The summed E-state index contributed by atoms with van der Waals surface area (Å²) in [4.78, 5) is 13.4. The fourth-order valence-corrected chi connectivity index (χ4v) is 1.75. The van der Waals surface area contributed by atoms with E-state index < -0.39 is 0 Å². The Morgan fingerprint density at radius 1 is 1.44 bits per heavy atom. The Morgan fingerprint density at radius 3 is 2.81 bits per heavy atom. The maximum absolute atomic E-state index is 10.6. The Morgan fingerprint density at radius 2 is 2.12 bits per heavy atom. The maximum atomic E-state index is 10.6. The van der Waals surface area contributed by atoms with Crippen LogP contribution < -0.4 is 0 Å². The van der Waals surface area contributed by atoms with E-state index in [2.05, 4.69) is 4.98 Å². The number of nitro groups is 1. The van der Waals surface area contributed by atoms with Gasteiger partial charge in [-0.15, -0.1) is 0 Å². The lowest BCUT2D eigenvalue weighted by atomic mass is 10.1. The number of para-hydroxylation sites is 1. The zero-order valence-electron chi connectivity index (χ0n) is 9.15. The fraction of sp³-hybridized carbons (Fsp3) is 0.167. The highest BCUT2D eigenvalue weighted by atomic mass is 16.6. The number of hydrogen-bond donors (Lipinski definition) is 1. The number of fused-ring (bicyclic) bond motifs is 1. The van der Waals surface area contributed by atoms with Crippen molar-refractivity contribution in [2.75, 3.05) is 0 Å². The number of rotatable bonds is 2. The second-order valence-corrected chi connectivity index (χ2v) is 3.75. The molecule has 16 heavy (non-hydrogen) atoms. The van der Waals surface area contributed by atoms with Crippen LogP contribution in [-0.4, -0.2) is 9.91 Å². The summed E-state index contributed by atoms with van der Waals surface area (Å²) < 4.78 is 0. The molecule has 1 heterocycles. The normalized spacial score (nSPS) is 12.0. The Balaban J connectivity index is 2.64. The highest BCUT2D eigenvalue weighted by Crippen LogP contribution is 2.24. The standard InChI is InChI=1S/C12H12N2O2/c1-8(14(15)16)7-11-9(2)13-12-6-4-3-5-10(11)12/h3-7,13H,1-2H3. The van der Waals surface area contributed by atoms with Crippen molar-refractivity contribution in [2.24, 2.45) is 0 Å². The summed E-state index contributed by atoms with van der Waals surface area (Å²) in [7, 11) is 0. The van der Waals surface area contributed by atoms with Gasteiger partial charge in [0.1, 0.15) is 0 Å². The van der Waals surface area contributed by atoms with Gasteiger partial charge in [-0.25, -0.2) is 0 Å². The van der Waals surface area contributed by atoms with Gasteiger partial charge in [0.15, 0.2) is 0 Å². The van der Waals surface area contributed by atoms with Crippen LogP contribution in [0, 0.1) is 17.0 Å². The van der Waals surface area contributed by atoms with Crippen molar-refractivity contribution in [2.45, 2.75) is 13.8 Å². The molecule has 82 valence electrons. The molecule has 0 aliphatic rings. The minimum atomic E-state index is -0.374. The summed E-state index contributed by atoms with van der Waals surface area (Å²) in [5, 5.41) is 11.6. The third-order valence-corrected chi connectivity index (χ3v) is 2.58. The number of benzene rings is 1. The topological polar surface area (TPSA) is 58.9 Å². The quantitative estimate of drug-likeness (QED) is 0.619. The number of aromatic amines is 1. The van der Waals surface area contributed by atoms with E-state index >= 15 is 0 Å². The molecule has 1 aromatic heterocycles. The molecule has 0 unspecified atom stereocenters. The number of allylic oxidation sites excluding steroid dienone is 1. The molecule has 0 bridgehead atoms. The smallest absolute Gasteiger partial charge is 0.243 e. The molecule has 1 N–H and O–H groups in total. The molecular formula is C12H12N2O2. The summed E-state index contributed by atoms with van der Waals surface area (Å²) in [6.07, 6.45) is 1.61. The van der Waals surface area contributed by atoms with Crippen molar-refractivity contribution < 1.29 is 4.92 Å². The van der Waals surface area contributed by atoms with Crippen LogP contribution in [0.4, 0.5) is 0 Å². The average Bonchev–Trinajstić information content (AvgIpc) is 2.55. The predicted molar refractivity (Wildman–Crippen MR) is 63.7 cm³/mol. The van der Waals surface area contributed by atoms with Crippen molar-refractivity contribution in [3.63, 3.8) is 0 Å². The summed E-state index contributed by atoms with van der Waals surface area (Å²) >= 11 is 0. The number of hydrogen-bond acceptors (Lipinski definition) is 2. The van der Waals surface area contributed by atoms with Gasteiger partial charge in [0.05, 0.1) is 4.92 Å². The Hall–Kier alpha value is -2.10. The van der Waals surface area contributed by atoms with Crippen molar-refractivity contribution in [3.8, 4) is 0 Å². The minimum Gasteiger partial charge on any atom is -0.358 e. The molecule has 0 fully saturated rings. The summed E-state index contributed by atoms with van der Waals surface area (Å²) in [5.41, 5.74) is 2.99. The van der Waals surface area contributed by atoms with Gasteiger partial charge in [0, 0.05) is 35.2 Å². The van der Waals surface area contributed by atoms with Crippen molar-refractivity contribution in [1.29, 1.82) is 0 Å². The van der Waals surface area contributed by atoms with Crippen LogP contribution in [0.3, 0.4) is 0 Å². The molecule has 2 rings (SSSR count). The lowest BCUT2D eigenvalue weighted by Crippen LogP contribution is -1.93. The molecular weight excluding hydrogens is 204 g/mol. The monoisotopic (exact) mass is 216 g/mol. The molecule has 1 aromatic carbocycles. The van der Waals surface area contributed by atoms with Gasteiger partial charge >= 0.3 is 0 Å². The first-order valence-electron chi connectivity index (χ1n) is 4.99. The number of aryl methyl sites for hydroxylation is 1. The van der Waals surface area contributed by atoms with Crippen LogP contribution in [0.25, 0.3) is 17.0 Å². The first-order valence-corrected chi connectivity index (χ1v) is 4.99. The van der Waals surface area contributed by atoms with E-state index in [0.717, 1.165) is 22.2 Å². The van der Waals surface area contributed by atoms with E-state index in [1.54, 1.807) is 6.08 Å². The van der Waals surface area contributed by atoms with E-state index in [0.29, 0.717) is 0 Å². The van der Waals surface area contributed by atoms with Crippen LogP contribution in [0.5, 0.6) is 0 Å². The third kappa shape index (κ3) is 1.69. The van der Waals surface area contributed by atoms with Gasteiger partial charge in [-0.2, -0.15) is 0 Å². The van der Waals surface area contributed by atoms with Crippen LogP contribution in [0.1, 0.15) is 18.2 Å². The zero-order valence-corrected chi connectivity index (χ0v) is 9.15. The highest BCUT2D eigenvalue weighted by Gasteiger charge is 2.09.